The summed E-state index contributed by atoms with van der Waals surface area (Å²) in [4.78, 5) is 31.8. The highest BCUT2D eigenvalue weighted by Gasteiger charge is 2.58. The maximum atomic E-state index is 10.7. The summed E-state index contributed by atoms with van der Waals surface area (Å²) < 4.78 is 4.68. The van der Waals surface area contributed by atoms with Crippen molar-refractivity contribution in [3.8, 4) is 0 Å². The molecule has 1 rings (SSSR count). The second-order valence-corrected chi connectivity index (χ2v) is 3.33. The van der Waals surface area contributed by atoms with E-state index in [1.165, 1.54) is 6.92 Å². The number of ether oxygens (including phenoxy) is 1. The van der Waals surface area contributed by atoms with E-state index >= 15 is 0 Å². The van der Waals surface area contributed by atoms with E-state index in [9.17, 15) is 14.4 Å². The molecule has 0 aromatic carbocycles. The first kappa shape index (κ1) is 10.5. The van der Waals surface area contributed by atoms with E-state index in [2.05, 4.69) is 4.74 Å². The number of rotatable bonds is 3. The van der Waals surface area contributed by atoms with E-state index in [4.69, 9.17) is 10.2 Å². The maximum Gasteiger partial charge on any atom is 0.321 e. The molecule has 1 fully saturated rings. The van der Waals surface area contributed by atoms with Crippen molar-refractivity contribution in [3.63, 3.8) is 0 Å². The van der Waals surface area contributed by atoms with Crippen molar-refractivity contribution in [2.75, 3.05) is 0 Å². The van der Waals surface area contributed by atoms with Crippen LogP contribution in [0.25, 0.3) is 0 Å². The normalized spacial score (nSPS) is 19.5. The van der Waals surface area contributed by atoms with Crippen LogP contribution in [-0.2, 0) is 19.1 Å². The highest BCUT2D eigenvalue weighted by atomic mass is 16.5. The van der Waals surface area contributed by atoms with E-state index in [-0.39, 0.29) is 12.8 Å². The summed E-state index contributed by atoms with van der Waals surface area (Å²) in [6, 6.07) is 0. The maximum absolute atomic E-state index is 10.7. The lowest BCUT2D eigenvalue weighted by Gasteiger charge is -2.39. The number of hydrogen-bond donors (Lipinski definition) is 2. The first-order valence-corrected chi connectivity index (χ1v) is 4.02. The number of carboxylic acid groups (broad SMARTS) is 2. The molecule has 1 aliphatic rings. The van der Waals surface area contributed by atoms with Gasteiger partial charge in [0.25, 0.3) is 0 Å². The van der Waals surface area contributed by atoms with Gasteiger partial charge >= 0.3 is 17.9 Å². The molecule has 0 spiro atoms. The van der Waals surface area contributed by atoms with Crippen LogP contribution in [0.4, 0.5) is 0 Å². The molecule has 6 nitrogen and oxygen atoms in total. The van der Waals surface area contributed by atoms with Gasteiger partial charge in [-0.3, -0.25) is 14.4 Å². The first-order chi connectivity index (χ1) is 6.38. The Kier molecular flexibility index (Phi) is 2.46. The summed E-state index contributed by atoms with van der Waals surface area (Å²) in [7, 11) is 0. The van der Waals surface area contributed by atoms with Crippen molar-refractivity contribution in [2.24, 2.45) is 5.41 Å². The molecule has 0 heterocycles. The second kappa shape index (κ2) is 3.28. The highest BCUT2D eigenvalue weighted by Crippen LogP contribution is 2.43. The first-order valence-electron chi connectivity index (χ1n) is 4.02. The van der Waals surface area contributed by atoms with Crippen LogP contribution < -0.4 is 0 Å². The number of hydrogen-bond acceptors (Lipinski definition) is 4. The molecule has 0 aromatic rings. The van der Waals surface area contributed by atoms with Crippen molar-refractivity contribution < 1.29 is 29.3 Å². The van der Waals surface area contributed by atoms with E-state index in [1.807, 2.05) is 0 Å². The molecule has 14 heavy (non-hydrogen) atoms. The van der Waals surface area contributed by atoms with Crippen molar-refractivity contribution in [2.45, 2.75) is 25.9 Å². The average molecular weight is 202 g/mol. The summed E-state index contributed by atoms with van der Waals surface area (Å²) in [5, 5.41) is 17.4. The summed E-state index contributed by atoms with van der Waals surface area (Å²) in [6.07, 6.45) is -0.895. The lowest BCUT2D eigenvalue weighted by Crippen LogP contribution is -2.53. The van der Waals surface area contributed by atoms with Gasteiger partial charge in [-0.2, -0.15) is 0 Å². The van der Waals surface area contributed by atoms with Crippen LogP contribution in [0.2, 0.25) is 0 Å². The fourth-order valence-corrected chi connectivity index (χ4v) is 1.48. The smallest absolute Gasteiger partial charge is 0.321 e. The zero-order valence-electron chi connectivity index (χ0n) is 7.52. The van der Waals surface area contributed by atoms with E-state index in [1.54, 1.807) is 0 Å². The fourth-order valence-electron chi connectivity index (χ4n) is 1.48. The van der Waals surface area contributed by atoms with Crippen LogP contribution in [0, 0.1) is 5.41 Å². The van der Waals surface area contributed by atoms with Crippen molar-refractivity contribution in [1.29, 1.82) is 0 Å². The minimum Gasteiger partial charge on any atom is -0.480 e. The summed E-state index contributed by atoms with van der Waals surface area (Å²) >= 11 is 0. The minimum absolute atomic E-state index is 0.156. The fraction of sp³-hybridized carbons (Fsp3) is 0.625. The SMILES string of the molecule is CC(=O)OC1CC(C(=O)O)(C(=O)O)C1. The van der Waals surface area contributed by atoms with Gasteiger partial charge in [0.15, 0.2) is 5.41 Å². The summed E-state index contributed by atoms with van der Waals surface area (Å²) in [6.45, 7) is 1.20. The minimum atomic E-state index is -1.76. The van der Waals surface area contributed by atoms with Gasteiger partial charge in [-0.15, -0.1) is 0 Å². The Morgan fingerprint density at radius 2 is 1.64 bits per heavy atom. The molecule has 78 valence electrons. The molecule has 0 aromatic heterocycles. The Balaban J connectivity index is 2.61. The van der Waals surface area contributed by atoms with Crippen LogP contribution in [0.15, 0.2) is 0 Å². The molecule has 0 saturated heterocycles. The van der Waals surface area contributed by atoms with Crippen LogP contribution in [0.5, 0.6) is 0 Å². The molecule has 0 bridgehead atoms. The van der Waals surface area contributed by atoms with Crippen molar-refractivity contribution in [1.82, 2.24) is 0 Å². The van der Waals surface area contributed by atoms with Crippen LogP contribution in [0.1, 0.15) is 19.8 Å². The standard InChI is InChI=1S/C8H10O6/c1-4(9)14-5-2-8(3-5,6(10)11)7(12)13/h5H,2-3H2,1H3,(H,10,11)(H,12,13). The lowest BCUT2D eigenvalue weighted by molar-refractivity contribution is -0.188. The molecule has 0 aliphatic heterocycles. The molecular formula is C8H10O6. The Hall–Kier alpha value is -1.59. The van der Waals surface area contributed by atoms with Crippen LogP contribution in [0.3, 0.4) is 0 Å². The zero-order chi connectivity index (χ0) is 10.9. The number of carboxylic acids is 2. The number of carbonyl (C=O) groups excluding carboxylic acids is 1. The summed E-state index contributed by atoms with van der Waals surface area (Å²) in [5.74, 6) is -3.29. The molecule has 1 aliphatic carbocycles. The van der Waals surface area contributed by atoms with Gasteiger partial charge in [-0.1, -0.05) is 0 Å². The van der Waals surface area contributed by atoms with Gasteiger partial charge in [-0.05, 0) is 0 Å². The van der Waals surface area contributed by atoms with Gasteiger partial charge in [0.1, 0.15) is 6.10 Å². The summed E-state index contributed by atoms with van der Waals surface area (Å²) in [5.41, 5.74) is -1.76. The molecule has 0 atom stereocenters. The largest absolute Gasteiger partial charge is 0.480 e. The Morgan fingerprint density at radius 3 is 1.93 bits per heavy atom. The van der Waals surface area contributed by atoms with Crippen molar-refractivity contribution >= 4 is 17.9 Å². The van der Waals surface area contributed by atoms with Crippen LogP contribution >= 0.6 is 0 Å². The highest BCUT2D eigenvalue weighted by molar-refractivity contribution is 5.99. The Morgan fingerprint density at radius 1 is 1.21 bits per heavy atom. The topological polar surface area (TPSA) is 101 Å². The van der Waals surface area contributed by atoms with E-state index in [0.29, 0.717) is 0 Å². The zero-order valence-corrected chi connectivity index (χ0v) is 7.52. The number of carbonyl (C=O) groups is 3. The van der Waals surface area contributed by atoms with E-state index < -0.39 is 29.4 Å². The molecule has 1 saturated carbocycles. The van der Waals surface area contributed by atoms with Crippen LogP contribution in [-0.4, -0.2) is 34.2 Å². The monoisotopic (exact) mass is 202 g/mol. The Bertz CT molecular complexity index is 272. The van der Waals surface area contributed by atoms with Gasteiger partial charge in [0.05, 0.1) is 0 Å². The average Bonchev–Trinajstić information content (AvgIpc) is 1.93. The predicted octanol–water partition coefficient (Wildman–Crippen LogP) is -0.133. The van der Waals surface area contributed by atoms with Gasteiger partial charge in [0, 0.05) is 19.8 Å². The van der Waals surface area contributed by atoms with Crippen molar-refractivity contribution in [3.05, 3.63) is 0 Å². The lowest BCUT2D eigenvalue weighted by atomic mass is 9.66. The second-order valence-electron chi connectivity index (χ2n) is 3.33. The number of aliphatic carboxylic acids is 2. The third-order valence-corrected chi connectivity index (χ3v) is 2.30. The predicted molar refractivity (Wildman–Crippen MR) is 42.5 cm³/mol. The molecule has 0 unspecified atom stereocenters. The van der Waals surface area contributed by atoms with E-state index in [0.717, 1.165) is 0 Å². The Labute approximate surface area is 79.5 Å². The molecule has 6 heteroatoms. The molecule has 2 N–H and O–H groups in total. The third-order valence-electron chi connectivity index (χ3n) is 2.30. The third kappa shape index (κ3) is 1.55. The number of esters is 1. The molecule has 0 amide bonds. The quantitative estimate of drug-likeness (QED) is 0.488. The van der Waals surface area contributed by atoms with Gasteiger partial charge < -0.3 is 14.9 Å². The van der Waals surface area contributed by atoms with Gasteiger partial charge in [0.2, 0.25) is 0 Å². The molecule has 0 radical (unpaired) electrons. The molecular weight excluding hydrogens is 192 g/mol. The van der Waals surface area contributed by atoms with Gasteiger partial charge in [-0.25, -0.2) is 0 Å².